The molecule has 0 aromatic carbocycles. The first-order valence-corrected chi connectivity index (χ1v) is 8.29. The third-order valence-electron chi connectivity index (χ3n) is 4.24. The van der Waals surface area contributed by atoms with Crippen LogP contribution in [-0.2, 0) is 19.4 Å². The van der Waals surface area contributed by atoms with Gasteiger partial charge in [-0.15, -0.1) is 11.3 Å². The van der Waals surface area contributed by atoms with Crippen molar-refractivity contribution in [2.45, 2.75) is 32.7 Å². The molecule has 0 atom stereocenters. The summed E-state index contributed by atoms with van der Waals surface area (Å²) < 4.78 is 1.60. The third kappa shape index (κ3) is 2.37. The molecule has 21 heavy (non-hydrogen) atoms. The Morgan fingerprint density at radius 2 is 2.19 bits per heavy atom. The van der Waals surface area contributed by atoms with Gasteiger partial charge in [0.25, 0.3) is 5.56 Å². The second-order valence-corrected chi connectivity index (χ2v) is 7.05. The van der Waals surface area contributed by atoms with E-state index in [0.29, 0.717) is 12.5 Å². The van der Waals surface area contributed by atoms with Crippen LogP contribution in [0, 0.1) is 12.8 Å². The van der Waals surface area contributed by atoms with Gasteiger partial charge in [-0.25, -0.2) is 9.67 Å². The Bertz CT molecular complexity index is 708. The van der Waals surface area contributed by atoms with Crippen molar-refractivity contribution in [1.29, 1.82) is 0 Å². The highest BCUT2D eigenvalue weighted by Gasteiger charge is 2.31. The molecule has 1 fully saturated rings. The van der Waals surface area contributed by atoms with Crippen LogP contribution in [0.1, 0.15) is 22.7 Å². The first-order chi connectivity index (χ1) is 10.2. The molecule has 4 rings (SSSR count). The lowest BCUT2D eigenvalue weighted by molar-refractivity contribution is 0.333. The van der Waals surface area contributed by atoms with Crippen molar-refractivity contribution in [1.82, 2.24) is 14.8 Å². The van der Waals surface area contributed by atoms with Crippen molar-refractivity contribution >= 4 is 16.5 Å². The number of hydrogen-bond acceptors (Lipinski definition) is 5. The number of fused-ring (bicyclic) bond motifs is 1. The van der Waals surface area contributed by atoms with Gasteiger partial charge >= 0.3 is 0 Å². The zero-order valence-corrected chi connectivity index (χ0v) is 12.9. The van der Waals surface area contributed by atoms with Crippen molar-refractivity contribution in [3.63, 3.8) is 0 Å². The molecule has 6 heteroatoms. The standard InChI is InChI=1S/C15H18N4OS/c1-10-5-6-14(20)19(17-10)9-11-7-18(8-11)15-16-12-3-2-4-13(12)21-15/h5-6,11H,2-4,7-9H2,1H3. The predicted molar refractivity (Wildman–Crippen MR) is 83.1 cm³/mol. The summed E-state index contributed by atoms with van der Waals surface area (Å²) in [5, 5.41) is 5.47. The van der Waals surface area contributed by atoms with Gasteiger partial charge in [0, 0.05) is 30.0 Å². The van der Waals surface area contributed by atoms with E-state index in [0.717, 1.165) is 25.2 Å². The minimum Gasteiger partial charge on any atom is -0.347 e. The maximum atomic E-state index is 11.8. The molecular weight excluding hydrogens is 284 g/mol. The number of anilines is 1. The van der Waals surface area contributed by atoms with E-state index in [1.54, 1.807) is 16.8 Å². The molecule has 0 radical (unpaired) electrons. The Morgan fingerprint density at radius 3 is 3.00 bits per heavy atom. The van der Waals surface area contributed by atoms with E-state index >= 15 is 0 Å². The van der Waals surface area contributed by atoms with Crippen molar-refractivity contribution in [3.8, 4) is 0 Å². The van der Waals surface area contributed by atoms with E-state index in [-0.39, 0.29) is 5.56 Å². The maximum absolute atomic E-state index is 11.8. The fourth-order valence-electron chi connectivity index (χ4n) is 3.08. The van der Waals surface area contributed by atoms with Crippen LogP contribution in [0.25, 0.3) is 0 Å². The van der Waals surface area contributed by atoms with Gasteiger partial charge in [0.1, 0.15) is 0 Å². The van der Waals surface area contributed by atoms with Crippen LogP contribution in [0.15, 0.2) is 16.9 Å². The lowest BCUT2D eigenvalue weighted by Crippen LogP contribution is -2.49. The normalized spacial score (nSPS) is 17.9. The van der Waals surface area contributed by atoms with Crippen LogP contribution in [0.2, 0.25) is 0 Å². The number of thiazole rings is 1. The maximum Gasteiger partial charge on any atom is 0.266 e. The van der Waals surface area contributed by atoms with E-state index < -0.39 is 0 Å². The Kier molecular flexibility index (Phi) is 3.06. The molecule has 2 aromatic rings. The van der Waals surface area contributed by atoms with Crippen molar-refractivity contribution < 1.29 is 0 Å². The molecule has 0 bridgehead atoms. The zero-order valence-electron chi connectivity index (χ0n) is 12.1. The molecule has 0 saturated carbocycles. The summed E-state index contributed by atoms with van der Waals surface area (Å²) in [7, 11) is 0. The monoisotopic (exact) mass is 302 g/mol. The van der Waals surface area contributed by atoms with E-state index in [1.165, 1.54) is 28.5 Å². The van der Waals surface area contributed by atoms with Gasteiger partial charge in [-0.3, -0.25) is 4.79 Å². The topological polar surface area (TPSA) is 51.0 Å². The third-order valence-corrected chi connectivity index (χ3v) is 5.46. The van der Waals surface area contributed by atoms with Gasteiger partial charge in [0.2, 0.25) is 0 Å². The Balaban J connectivity index is 1.40. The Hall–Kier alpha value is -1.69. The molecule has 1 aliphatic heterocycles. The van der Waals surface area contributed by atoms with Crippen LogP contribution >= 0.6 is 11.3 Å². The summed E-state index contributed by atoms with van der Waals surface area (Å²) in [5.41, 5.74) is 2.20. The van der Waals surface area contributed by atoms with Crippen molar-refractivity contribution in [2.24, 2.45) is 5.92 Å². The average Bonchev–Trinajstić information content (AvgIpc) is 2.98. The minimum absolute atomic E-state index is 0.00715. The molecule has 3 heterocycles. The molecule has 0 amide bonds. The highest BCUT2D eigenvalue weighted by atomic mass is 32.1. The van der Waals surface area contributed by atoms with Crippen LogP contribution in [0.4, 0.5) is 5.13 Å². The van der Waals surface area contributed by atoms with Gasteiger partial charge in [-0.05, 0) is 32.3 Å². The first kappa shape index (κ1) is 13.0. The fraction of sp³-hybridized carbons (Fsp3) is 0.533. The van der Waals surface area contributed by atoms with Gasteiger partial charge < -0.3 is 4.90 Å². The Morgan fingerprint density at radius 1 is 1.33 bits per heavy atom. The highest BCUT2D eigenvalue weighted by molar-refractivity contribution is 7.15. The second-order valence-electron chi connectivity index (χ2n) is 5.99. The van der Waals surface area contributed by atoms with Gasteiger partial charge in [0.05, 0.1) is 17.9 Å². The van der Waals surface area contributed by atoms with Gasteiger partial charge in [0.15, 0.2) is 5.13 Å². The molecule has 0 N–H and O–H groups in total. The Labute approximate surface area is 127 Å². The van der Waals surface area contributed by atoms with Crippen LogP contribution in [0.3, 0.4) is 0 Å². The molecule has 1 aliphatic carbocycles. The largest absolute Gasteiger partial charge is 0.347 e. The summed E-state index contributed by atoms with van der Waals surface area (Å²) in [6, 6.07) is 3.37. The van der Waals surface area contributed by atoms with Gasteiger partial charge in [-0.1, -0.05) is 0 Å². The summed E-state index contributed by atoms with van der Waals surface area (Å²) >= 11 is 1.85. The molecular formula is C15H18N4OS. The SMILES string of the molecule is Cc1ccc(=O)n(CC2CN(c3nc4c(s3)CCC4)C2)n1. The second kappa shape index (κ2) is 4.94. The van der Waals surface area contributed by atoms with Crippen LogP contribution in [-0.4, -0.2) is 27.9 Å². The van der Waals surface area contributed by atoms with Crippen molar-refractivity contribution in [2.75, 3.05) is 18.0 Å². The van der Waals surface area contributed by atoms with Crippen LogP contribution in [0.5, 0.6) is 0 Å². The average molecular weight is 302 g/mol. The molecule has 2 aliphatic rings. The highest BCUT2D eigenvalue weighted by Crippen LogP contribution is 2.35. The van der Waals surface area contributed by atoms with Gasteiger partial charge in [-0.2, -0.15) is 5.10 Å². The first-order valence-electron chi connectivity index (χ1n) is 7.47. The zero-order chi connectivity index (χ0) is 14.4. The summed E-state index contributed by atoms with van der Waals surface area (Å²) in [5.74, 6) is 0.496. The molecule has 5 nitrogen and oxygen atoms in total. The quantitative estimate of drug-likeness (QED) is 0.865. The number of hydrogen-bond donors (Lipinski definition) is 0. The molecule has 110 valence electrons. The summed E-state index contributed by atoms with van der Waals surface area (Å²) in [4.78, 5) is 20.3. The van der Waals surface area contributed by atoms with E-state index in [4.69, 9.17) is 4.98 Å². The number of aryl methyl sites for hydroxylation is 3. The minimum atomic E-state index is -0.00715. The lowest BCUT2D eigenvalue weighted by atomic mass is 10.0. The van der Waals surface area contributed by atoms with E-state index in [9.17, 15) is 4.79 Å². The lowest BCUT2D eigenvalue weighted by Gasteiger charge is -2.39. The summed E-state index contributed by atoms with van der Waals surface area (Å²) in [6.07, 6.45) is 3.61. The number of rotatable bonds is 3. The molecule has 0 unspecified atom stereocenters. The van der Waals surface area contributed by atoms with Crippen LogP contribution < -0.4 is 10.5 Å². The molecule has 2 aromatic heterocycles. The predicted octanol–water partition coefficient (Wildman–Crippen LogP) is 1.63. The molecule has 1 saturated heterocycles. The van der Waals surface area contributed by atoms with E-state index in [2.05, 4.69) is 10.00 Å². The number of aromatic nitrogens is 3. The smallest absolute Gasteiger partial charge is 0.266 e. The summed E-state index contributed by atoms with van der Waals surface area (Å²) in [6.45, 7) is 4.59. The van der Waals surface area contributed by atoms with E-state index in [1.807, 2.05) is 18.3 Å². The van der Waals surface area contributed by atoms with Crippen molar-refractivity contribution in [3.05, 3.63) is 38.8 Å². The molecule has 0 spiro atoms. The fourth-order valence-corrected chi connectivity index (χ4v) is 4.25. The number of nitrogens with zero attached hydrogens (tertiary/aromatic N) is 4.